The van der Waals surface area contributed by atoms with Gasteiger partial charge in [0, 0.05) is 30.8 Å². The van der Waals surface area contributed by atoms with Gasteiger partial charge in [0.15, 0.2) is 0 Å². The van der Waals surface area contributed by atoms with E-state index in [1.165, 1.54) is 23.3 Å². The molecule has 0 aliphatic heterocycles. The van der Waals surface area contributed by atoms with E-state index in [4.69, 9.17) is 17.9 Å². The zero-order valence-electron chi connectivity index (χ0n) is 23.2. The lowest BCUT2D eigenvalue weighted by Gasteiger charge is -2.23. The van der Waals surface area contributed by atoms with E-state index in [2.05, 4.69) is 5.23 Å². The van der Waals surface area contributed by atoms with Crippen LogP contribution in [0.25, 0.3) is 0 Å². The Morgan fingerprint density at radius 1 is 1.12 bits per heavy atom. The molecule has 0 unspecified atom stereocenters. The second kappa shape index (κ2) is 16.1. The van der Waals surface area contributed by atoms with Crippen LogP contribution in [0.1, 0.15) is 38.3 Å². The topological polar surface area (TPSA) is 198 Å². The molecule has 0 aliphatic rings. The zero-order chi connectivity index (χ0) is 30.6. The highest BCUT2D eigenvalue weighted by atomic mass is 32.2. The Morgan fingerprint density at radius 2 is 1.70 bits per heavy atom. The van der Waals surface area contributed by atoms with Gasteiger partial charge in [-0.2, -0.15) is 21.9 Å². The van der Waals surface area contributed by atoms with Gasteiger partial charge in [-0.25, -0.2) is 0 Å². The third kappa shape index (κ3) is 16.6. The Bertz CT molecular complexity index is 1180. The molecule has 1 rings (SSSR count). The van der Waals surface area contributed by atoms with E-state index in [0.717, 1.165) is 12.5 Å². The molecule has 0 aliphatic carbocycles. The van der Waals surface area contributed by atoms with Crippen molar-refractivity contribution in [3.8, 4) is 0 Å². The molecule has 1 aromatic rings. The minimum Gasteiger partial charge on any atom is -0.460 e. The second-order valence-corrected chi connectivity index (χ2v) is 13.0. The third-order valence-electron chi connectivity index (χ3n) is 4.82. The molecule has 0 amide bonds. The van der Waals surface area contributed by atoms with Crippen LogP contribution < -0.4 is 5.23 Å². The van der Waals surface area contributed by atoms with E-state index in [0.29, 0.717) is 11.7 Å². The fourth-order valence-corrected chi connectivity index (χ4v) is 4.09. The molecule has 226 valence electrons. The standard InChI is InChI=1S/C22H36BN3O12S2/c1-22(2,3)38-21(28)14-19(24-23-16-27)13-18-12-17(6-7-20(18)26(29)30)15-35-25(8-10-36-39(4,31)32)9-11-37-40(5,33)34/h6-7,12,16,19,23-24H,8-11,13-15H2,1-5H3/t19-/m0/s1. The van der Waals surface area contributed by atoms with Gasteiger partial charge < -0.3 is 14.8 Å². The van der Waals surface area contributed by atoms with Crippen molar-refractivity contribution in [2.45, 2.75) is 51.9 Å². The van der Waals surface area contributed by atoms with Crippen LogP contribution in [0.15, 0.2) is 18.2 Å². The number of nitro benzene ring substituents is 1. The summed E-state index contributed by atoms with van der Waals surface area (Å²) in [5.41, 5.74) is -0.179. The SMILES string of the molecule is CC(C)(C)OC(=O)C[C@H](Cc1cc(CON(CCOS(C)(=O)=O)CCOS(C)(=O)=O)ccc1[N+](=O)[O-])NBC=O. The smallest absolute Gasteiger partial charge is 0.307 e. The highest BCUT2D eigenvalue weighted by Crippen LogP contribution is 2.23. The number of benzene rings is 1. The number of rotatable bonds is 19. The van der Waals surface area contributed by atoms with Crippen molar-refractivity contribution in [3.63, 3.8) is 0 Å². The van der Waals surface area contributed by atoms with Gasteiger partial charge in [0.25, 0.3) is 33.3 Å². The van der Waals surface area contributed by atoms with Crippen LogP contribution >= 0.6 is 0 Å². The van der Waals surface area contributed by atoms with Crippen LogP contribution in [-0.2, 0) is 60.8 Å². The van der Waals surface area contributed by atoms with Crippen molar-refractivity contribution in [2.24, 2.45) is 0 Å². The van der Waals surface area contributed by atoms with Crippen molar-refractivity contribution in [1.82, 2.24) is 10.3 Å². The fourth-order valence-electron chi connectivity index (χ4n) is 3.34. The molecular formula is C22H36BN3O12S2. The maximum atomic E-state index is 12.4. The predicted molar refractivity (Wildman–Crippen MR) is 146 cm³/mol. The van der Waals surface area contributed by atoms with Gasteiger partial charge in [-0.1, -0.05) is 0 Å². The van der Waals surface area contributed by atoms with Crippen LogP contribution in [0.2, 0.25) is 0 Å². The minimum atomic E-state index is -3.72. The van der Waals surface area contributed by atoms with E-state index in [1.54, 1.807) is 20.8 Å². The van der Waals surface area contributed by atoms with Gasteiger partial charge in [0.05, 0.1) is 49.9 Å². The van der Waals surface area contributed by atoms with Crippen molar-refractivity contribution < 1.29 is 49.3 Å². The van der Waals surface area contributed by atoms with Crippen molar-refractivity contribution in [2.75, 3.05) is 38.8 Å². The summed E-state index contributed by atoms with van der Waals surface area (Å²) in [5, 5.41) is 15.8. The summed E-state index contributed by atoms with van der Waals surface area (Å²) in [6.07, 6.45) is 2.24. The molecule has 40 heavy (non-hydrogen) atoms. The van der Waals surface area contributed by atoms with Crippen LogP contribution in [0.5, 0.6) is 0 Å². The van der Waals surface area contributed by atoms with E-state index < -0.39 is 42.8 Å². The highest BCUT2D eigenvalue weighted by molar-refractivity contribution is 7.86. The predicted octanol–water partition coefficient (Wildman–Crippen LogP) is 0.0550. The second-order valence-electron chi connectivity index (χ2n) is 9.74. The number of esters is 1. The first-order valence-corrected chi connectivity index (χ1v) is 15.7. The first-order valence-electron chi connectivity index (χ1n) is 12.1. The molecule has 0 radical (unpaired) electrons. The van der Waals surface area contributed by atoms with Crippen LogP contribution in [0, 0.1) is 10.1 Å². The third-order valence-corrected chi connectivity index (χ3v) is 6.01. The van der Waals surface area contributed by atoms with Gasteiger partial charge in [-0.3, -0.25) is 28.1 Å². The molecular weight excluding hydrogens is 573 g/mol. The quantitative estimate of drug-likeness (QED) is 0.0551. The Kier molecular flexibility index (Phi) is 14.3. The van der Waals surface area contributed by atoms with Gasteiger partial charge in [-0.05, 0) is 44.9 Å². The summed E-state index contributed by atoms with van der Waals surface area (Å²) < 4.78 is 59.8. The average Bonchev–Trinajstić information content (AvgIpc) is 2.77. The number of hydroxylamine groups is 2. The summed E-state index contributed by atoms with van der Waals surface area (Å²) in [7, 11) is -7.52. The van der Waals surface area contributed by atoms with Crippen LogP contribution in [0.3, 0.4) is 0 Å². The molecule has 0 heterocycles. The minimum absolute atomic E-state index is 0.0192. The Labute approximate surface area is 235 Å². The number of hydrogen-bond donors (Lipinski definition) is 1. The molecule has 1 atom stereocenters. The van der Waals surface area contributed by atoms with E-state index >= 15 is 0 Å². The number of nitro groups is 1. The van der Waals surface area contributed by atoms with Gasteiger partial charge in [0.2, 0.25) is 0 Å². The van der Waals surface area contributed by atoms with Crippen molar-refractivity contribution >= 4 is 45.5 Å². The molecule has 18 heteroatoms. The largest absolute Gasteiger partial charge is 0.460 e. The number of nitrogens with one attached hydrogen (secondary N) is 1. The highest BCUT2D eigenvalue weighted by Gasteiger charge is 2.24. The normalized spacial score (nSPS) is 13.2. The molecule has 0 saturated carbocycles. The van der Waals surface area contributed by atoms with Gasteiger partial charge in [-0.15, -0.1) is 0 Å². The zero-order valence-corrected chi connectivity index (χ0v) is 24.8. The monoisotopic (exact) mass is 609 g/mol. The van der Waals surface area contributed by atoms with Crippen LogP contribution in [0.4, 0.5) is 5.69 Å². The average molecular weight is 609 g/mol. The maximum absolute atomic E-state index is 12.4. The van der Waals surface area contributed by atoms with Crippen molar-refractivity contribution in [1.29, 1.82) is 0 Å². The summed E-state index contributed by atoms with van der Waals surface area (Å²) in [6.45, 7) is 4.31. The van der Waals surface area contributed by atoms with E-state index in [1.807, 2.05) is 0 Å². The number of nitrogens with zero attached hydrogens (tertiary/aromatic N) is 2. The first-order chi connectivity index (χ1) is 18.4. The number of carbonyl (C=O) groups excluding carboxylic acids is 2. The molecule has 15 nitrogen and oxygen atoms in total. The lowest BCUT2D eigenvalue weighted by Crippen LogP contribution is -2.38. The Balaban J connectivity index is 3.07. The van der Waals surface area contributed by atoms with Gasteiger partial charge >= 0.3 is 5.97 Å². The van der Waals surface area contributed by atoms with Gasteiger partial charge in [0.1, 0.15) is 5.60 Å². The van der Waals surface area contributed by atoms with Crippen LogP contribution in [-0.4, -0.2) is 96.8 Å². The fraction of sp³-hybridized carbons (Fsp3) is 0.636. The summed E-state index contributed by atoms with van der Waals surface area (Å²) >= 11 is 0. The summed E-state index contributed by atoms with van der Waals surface area (Å²) in [6, 6.07) is 3.61. The molecule has 1 aromatic carbocycles. The molecule has 1 N–H and O–H groups in total. The first kappa shape index (κ1) is 35.6. The molecule has 0 fully saturated rings. The molecule has 0 aromatic heterocycles. The maximum Gasteiger partial charge on any atom is 0.307 e. The number of carbonyl (C=O) groups is 2. The lowest BCUT2D eigenvalue weighted by molar-refractivity contribution is -0.385. The molecule has 0 saturated heterocycles. The Morgan fingerprint density at radius 3 is 2.17 bits per heavy atom. The van der Waals surface area contributed by atoms with E-state index in [9.17, 15) is 36.5 Å². The summed E-state index contributed by atoms with van der Waals surface area (Å²) in [5.74, 6) is -0.540. The van der Waals surface area contributed by atoms with Crippen molar-refractivity contribution in [3.05, 3.63) is 39.4 Å². The molecule has 0 spiro atoms. The number of hydrogen-bond acceptors (Lipinski definition) is 14. The Hall–Kier alpha value is -2.48. The summed E-state index contributed by atoms with van der Waals surface area (Å²) in [4.78, 5) is 40.1. The number of ether oxygens (including phenoxy) is 1. The molecule has 0 bridgehead atoms. The van der Waals surface area contributed by atoms with E-state index in [-0.39, 0.29) is 64.4 Å². The lowest BCUT2D eigenvalue weighted by atomic mass is 9.92.